The maximum atomic E-state index is 13.2. The molecule has 1 saturated heterocycles. The molecule has 2 heterocycles. The smallest absolute Gasteiger partial charge is 0.256 e. The van der Waals surface area contributed by atoms with Crippen LogP contribution in [0.15, 0.2) is 60.8 Å². The summed E-state index contributed by atoms with van der Waals surface area (Å²) in [7, 11) is 0. The van der Waals surface area contributed by atoms with Crippen molar-refractivity contribution < 1.29 is 9.53 Å². The highest BCUT2D eigenvalue weighted by atomic mass is 16.5. The van der Waals surface area contributed by atoms with Crippen molar-refractivity contribution in [3.8, 4) is 0 Å². The quantitative estimate of drug-likeness (QED) is 0.716. The Morgan fingerprint density at radius 1 is 1.12 bits per heavy atom. The fourth-order valence-corrected chi connectivity index (χ4v) is 3.65. The first-order valence-electron chi connectivity index (χ1n) is 9.29. The van der Waals surface area contributed by atoms with E-state index in [1.807, 2.05) is 47.5 Å². The Bertz CT molecular complexity index is 901. The summed E-state index contributed by atoms with van der Waals surface area (Å²) in [5.41, 5.74) is 3.11. The van der Waals surface area contributed by atoms with Gasteiger partial charge in [-0.05, 0) is 18.1 Å². The van der Waals surface area contributed by atoms with E-state index in [0.717, 1.165) is 29.4 Å². The van der Waals surface area contributed by atoms with Gasteiger partial charge in [-0.2, -0.15) is 0 Å². The van der Waals surface area contributed by atoms with Crippen molar-refractivity contribution in [1.82, 2.24) is 9.47 Å². The third-order valence-electron chi connectivity index (χ3n) is 5.10. The first-order valence-corrected chi connectivity index (χ1v) is 9.29. The third kappa shape index (κ3) is 3.25. The van der Waals surface area contributed by atoms with Gasteiger partial charge >= 0.3 is 0 Å². The molecule has 0 N–H and O–H groups in total. The zero-order chi connectivity index (χ0) is 17.9. The number of aromatic nitrogens is 1. The van der Waals surface area contributed by atoms with E-state index in [9.17, 15) is 4.79 Å². The number of carbonyl (C=O) groups excluding carboxylic acids is 1. The van der Waals surface area contributed by atoms with Gasteiger partial charge in [0.1, 0.15) is 0 Å². The van der Waals surface area contributed by atoms with Gasteiger partial charge in [-0.25, -0.2) is 0 Å². The molecule has 3 aromatic rings. The minimum absolute atomic E-state index is 0.106. The lowest BCUT2D eigenvalue weighted by Crippen LogP contribution is -2.45. The van der Waals surface area contributed by atoms with Crippen LogP contribution < -0.4 is 0 Å². The van der Waals surface area contributed by atoms with Gasteiger partial charge in [-0.3, -0.25) is 4.79 Å². The van der Waals surface area contributed by atoms with Gasteiger partial charge in [0.2, 0.25) is 0 Å². The summed E-state index contributed by atoms with van der Waals surface area (Å²) < 4.78 is 7.89. The standard InChI is InChI=1S/C22H24N2O2/c1-2-18-15-23(12-13-26-18)22(25)20-16-24(14-17-8-4-3-5-9-17)21-11-7-6-10-19(20)21/h3-11,16,18H,2,12-15H2,1H3/t18-/m1/s1. The zero-order valence-corrected chi connectivity index (χ0v) is 15.1. The number of rotatable bonds is 4. The average molecular weight is 348 g/mol. The minimum atomic E-state index is 0.106. The van der Waals surface area contributed by atoms with Crippen LogP contribution in [0.4, 0.5) is 0 Å². The minimum Gasteiger partial charge on any atom is -0.375 e. The molecule has 0 saturated carbocycles. The van der Waals surface area contributed by atoms with Crippen molar-refractivity contribution >= 4 is 16.8 Å². The second-order valence-electron chi connectivity index (χ2n) is 6.83. The van der Waals surface area contributed by atoms with Crippen LogP contribution in [0.3, 0.4) is 0 Å². The normalized spacial score (nSPS) is 17.6. The molecule has 1 fully saturated rings. The summed E-state index contributed by atoms with van der Waals surface area (Å²) in [6, 6.07) is 18.5. The van der Waals surface area contributed by atoms with Crippen LogP contribution in [0.1, 0.15) is 29.3 Å². The topological polar surface area (TPSA) is 34.5 Å². The third-order valence-corrected chi connectivity index (χ3v) is 5.10. The molecule has 2 aromatic carbocycles. The molecule has 0 aliphatic carbocycles. The molecule has 1 aliphatic heterocycles. The number of amides is 1. The summed E-state index contributed by atoms with van der Waals surface area (Å²) in [4.78, 5) is 15.1. The van der Waals surface area contributed by atoms with Crippen LogP contribution in [0.2, 0.25) is 0 Å². The number of hydrogen-bond donors (Lipinski definition) is 0. The van der Waals surface area contributed by atoms with Crippen molar-refractivity contribution in [3.05, 3.63) is 71.9 Å². The molecule has 0 unspecified atom stereocenters. The average Bonchev–Trinajstić information content (AvgIpc) is 3.07. The van der Waals surface area contributed by atoms with Crippen LogP contribution in [0.25, 0.3) is 10.9 Å². The van der Waals surface area contributed by atoms with Gasteiger partial charge < -0.3 is 14.2 Å². The molecule has 1 amide bonds. The van der Waals surface area contributed by atoms with Gasteiger partial charge in [-0.15, -0.1) is 0 Å². The maximum absolute atomic E-state index is 13.2. The van der Waals surface area contributed by atoms with E-state index >= 15 is 0 Å². The van der Waals surface area contributed by atoms with Crippen molar-refractivity contribution in [3.63, 3.8) is 0 Å². The predicted molar refractivity (Wildman–Crippen MR) is 103 cm³/mol. The number of morpholine rings is 1. The van der Waals surface area contributed by atoms with Gasteiger partial charge in [0.15, 0.2) is 0 Å². The summed E-state index contributed by atoms with van der Waals surface area (Å²) in [6.07, 6.45) is 3.08. The number of carbonyl (C=O) groups is 1. The van der Waals surface area contributed by atoms with Crippen LogP contribution in [-0.2, 0) is 11.3 Å². The fraction of sp³-hybridized carbons (Fsp3) is 0.318. The number of para-hydroxylation sites is 1. The highest BCUT2D eigenvalue weighted by Crippen LogP contribution is 2.24. The zero-order valence-electron chi connectivity index (χ0n) is 15.1. The lowest BCUT2D eigenvalue weighted by Gasteiger charge is -2.32. The molecular weight excluding hydrogens is 324 g/mol. The summed E-state index contributed by atoms with van der Waals surface area (Å²) in [5, 5.41) is 1.02. The lowest BCUT2D eigenvalue weighted by atomic mass is 10.1. The van der Waals surface area contributed by atoms with Crippen LogP contribution in [0.5, 0.6) is 0 Å². The first-order chi connectivity index (χ1) is 12.8. The first kappa shape index (κ1) is 16.9. The second kappa shape index (κ2) is 7.34. The monoisotopic (exact) mass is 348 g/mol. The highest BCUT2D eigenvalue weighted by molar-refractivity contribution is 6.07. The lowest BCUT2D eigenvalue weighted by molar-refractivity contribution is -0.0225. The Kier molecular flexibility index (Phi) is 4.76. The van der Waals surface area contributed by atoms with E-state index in [-0.39, 0.29) is 12.0 Å². The SMILES string of the molecule is CC[C@@H]1CN(C(=O)c2cn(Cc3ccccc3)c3ccccc23)CCO1. The van der Waals surface area contributed by atoms with E-state index in [4.69, 9.17) is 4.74 Å². The van der Waals surface area contributed by atoms with Gasteiger partial charge in [0.25, 0.3) is 5.91 Å². The molecular formula is C22H24N2O2. The van der Waals surface area contributed by atoms with Crippen molar-refractivity contribution in [1.29, 1.82) is 0 Å². The van der Waals surface area contributed by atoms with E-state index in [1.165, 1.54) is 5.56 Å². The molecule has 4 heteroatoms. The van der Waals surface area contributed by atoms with Crippen molar-refractivity contribution in [2.24, 2.45) is 0 Å². The molecule has 4 rings (SSSR count). The van der Waals surface area contributed by atoms with Crippen LogP contribution in [0, 0.1) is 0 Å². The molecule has 134 valence electrons. The molecule has 1 aromatic heterocycles. The van der Waals surface area contributed by atoms with Crippen molar-refractivity contribution in [2.45, 2.75) is 26.0 Å². The Hall–Kier alpha value is -2.59. The Morgan fingerprint density at radius 3 is 2.69 bits per heavy atom. The van der Waals surface area contributed by atoms with Gasteiger partial charge in [0, 0.05) is 36.7 Å². The highest BCUT2D eigenvalue weighted by Gasteiger charge is 2.26. The molecule has 0 spiro atoms. The molecule has 0 bridgehead atoms. The molecule has 4 nitrogen and oxygen atoms in total. The number of fused-ring (bicyclic) bond motifs is 1. The maximum Gasteiger partial charge on any atom is 0.256 e. The summed E-state index contributed by atoms with van der Waals surface area (Å²) in [6.45, 7) is 4.81. The Balaban J connectivity index is 1.68. The summed E-state index contributed by atoms with van der Waals surface area (Å²) in [5.74, 6) is 0.106. The number of nitrogens with zero attached hydrogens (tertiary/aromatic N) is 2. The fourth-order valence-electron chi connectivity index (χ4n) is 3.65. The molecule has 0 radical (unpaired) electrons. The summed E-state index contributed by atoms with van der Waals surface area (Å²) >= 11 is 0. The van der Waals surface area contributed by atoms with Gasteiger partial charge in [-0.1, -0.05) is 55.5 Å². The second-order valence-corrected chi connectivity index (χ2v) is 6.83. The Morgan fingerprint density at radius 2 is 1.88 bits per heavy atom. The predicted octanol–water partition coefficient (Wildman–Crippen LogP) is 3.94. The number of hydrogen-bond acceptors (Lipinski definition) is 2. The van der Waals surface area contributed by atoms with Crippen LogP contribution >= 0.6 is 0 Å². The Labute approximate surface area is 154 Å². The number of benzene rings is 2. The number of ether oxygens (including phenoxy) is 1. The van der Waals surface area contributed by atoms with E-state index in [2.05, 4.69) is 29.7 Å². The molecule has 1 aliphatic rings. The van der Waals surface area contributed by atoms with E-state index < -0.39 is 0 Å². The van der Waals surface area contributed by atoms with E-state index in [1.54, 1.807) is 0 Å². The molecule has 26 heavy (non-hydrogen) atoms. The molecule has 1 atom stereocenters. The van der Waals surface area contributed by atoms with Gasteiger partial charge in [0.05, 0.1) is 18.3 Å². The van der Waals surface area contributed by atoms with E-state index in [0.29, 0.717) is 19.7 Å². The van der Waals surface area contributed by atoms with Crippen molar-refractivity contribution in [2.75, 3.05) is 19.7 Å². The largest absolute Gasteiger partial charge is 0.375 e. The van der Waals surface area contributed by atoms with Crippen LogP contribution in [-0.4, -0.2) is 41.2 Å².